The van der Waals surface area contributed by atoms with Gasteiger partial charge in [-0.1, -0.05) is 29.8 Å². The Kier molecular flexibility index (Phi) is 4.16. The Balaban J connectivity index is 2.03. The lowest BCUT2D eigenvalue weighted by atomic mass is 10.0. The number of fused-ring (bicyclic) bond motifs is 1. The largest absolute Gasteiger partial charge is 0.466 e. The zero-order chi connectivity index (χ0) is 15.5. The second-order valence-electron chi connectivity index (χ2n) is 4.92. The van der Waals surface area contributed by atoms with Gasteiger partial charge in [-0.25, -0.2) is 0 Å². The highest BCUT2D eigenvalue weighted by Crippen LogP contribution is 2.34. The molecule has 1 aliphatic heterocycles. The van der Waals surface area contributed by atoms with Crippen LogP contribution in [0.1, 0.15) is 12.7 Å². The van der Waals surface area contributed by atoms with E-state index in [0.29, 0.717) is 23.2 Å². The molecule has 4 heteroatoms. The third kappa shape index (κ3) is 3.00. The second kappa shape index (κ2) is 6.24. The predicted molar refractivity (Wildman–Crippen MR) is 86.1 cm³/mol. The van der Waals surface area contributed by atoms with E-state index < -0.39 is 0 Å². The molecule has 0 atom stereocenters. The summed E-state index contributed by atoms with van der Waals surface area (Å²) in [4.78, 5) is 11.8. The number of esters is 1. The average molecular weight is 315 g/mol. The summed E-state index contributed by atoms with van der Waals surface area (Å²) in [7, 11) is 0. The van der Waals surface area contributed by atoms with Crippen LogP contribution in [0, 0.1) is 0 Å². The molecule has 22 heavy (non-hydrogen) atoms. The molecule has 1 heterocycles. The van der Waals surface area contributed by atoms with Crippen LogP contribution in [0.3, 0.4) is 0 Å². The van der Waals surface area contributed by atoms with Crippen LogP contribution in [0.2, 0.25) is 5.02 Å². The van der Waals surface area contributed by atoms with Gasteiger partial charge in [-0.05, 0) is 42.8 Å². The monoisotopic (exact) mass is 314 g/mol. The molecule has 0 unspecified atom stereocenters. The molecule has 0 fully saturated rings. The van der Waals surface area contributed by atoms with Crippen LogP contribution in [0.5, 0.6) is 0 Å². The third-order valence-electron chi connectivity index (χ3n) is 3.41. The minimum absolute atomic E-state index is 0.121. The Morgan fingerprint density at radius 2 is 1.91 bits per heavy atom. The van der Waals surface area contributed by atoms with Crippen LogP contribution >= 0.6 is 11.6 Å². The Morgan fingerprint density at radius 1 is 1.14 bits per heavy atom. The van der Waals surface area contributed by atoms with Gasteiger partial charge < -0.3 is 9.15 Å². The van der Waals surface area contributed by atoms with Crippen LogP contribution in [0.25, 0.3) is 22.5 Å². The molecule has 1 aromatic carbocycles. The van der Waals surface area contributed by atoms with Crippen molar-refractivity contribution in [3.8, 4) is 22.5 Å². The van der Waals surface area contributed by atoms with E-state index >= 15 is 0 Å². The number of hydrogen-bond acceptors (Lipinski definition) is 3. The van der Waals surface area contributed by atoms with Crippen molar-refractivity contribution in [2.75, 3.05) is 6.61 Å². The van der Waals surface area contributed by atoms with Crippen molar-refractivity contribution in [3.63, 3.8) is 0 Å². The quantitative estimate of drug-likeness (QED) is 0.649. The zero-order valence-corrected chi connectivity index (χ0v) is 12.9. The summed E-state index contributed by atoms with van der Waals surface area (Å²) in [6.07, 6.45) is 0.121. The van der Waals surface area contributed by atoms with Crippen LogP contribution in [0.15, 0.2) is 52.9 Å². The summed E-state index contributed by atoms with van der Waals surface area (Å²) in [6.45, 7) is 2.15. The van der Waals surface area contributed by atoms with Crippen molar-refractivity contribution in [2.24, 2.45) is 0 Å². The maximum absolute atomic E-state index is 11.8. The Bertz CT molecular complexity index is 758. The molecule has 0 N–H and O–H groups in total. The molecule has 0 spiro atoms. The van der Waals surface area contributed by atoms with Crippen molar-refractivity contribution in [1.29, 1.82) is 0 Å². The zero-order valence-electron chi connectivity index (χ0n) is 12.1. The number of carbonyl (C=O) groups is 1. The van der Waals surface area contributed by atoms with Gasteiger partial charge in [-0.2, -0.15) is 0 Å². The van der Waals surface area contributed by atoms with Gasteiger partial charge >= 0.3 is 5.97 Å². The van der Waals surface area contributed by atoms with Gasteiger partial charge in [0.2, 0.25) is 0 Å². The first kappa shape index (κ1) is 14.7. The molecule has 0 saturated heterocycles. The van der Waals surface area contributed by atoms with Gasteiger partial charge in [0.05, 0.1) is 6.61 Å². The molecule has 3 rings (SSSR count). The molecule has 3 nitrogen and oxygen atoms in total. The molecule has 1 aliphatic carbocycles. The van der Waals surface area contributed by atoms with Crippen LogP contribution in [0.4, 0.5) is 0 Å². The van der Waals surface area contributed by atoms with Gasteiger partial charge in [-0.3, -0.25) is 4.79 Å². The molecule has 0 saturated carbocycles. The number of halogens is 1. The average Bonchev–Trinajstić information content (AvgIpc) is 2.97. The van der Waals surface area contributed by atoms with Gasteiger partial charge in [0.1, 0.15) is 17.9 Å². The molecule has 0 bridgehead atoms. The minimum atomic E-state index is -0.290. The molecule has 0 aromatic heterocycles. The summed E-state index contributed by atoms with van der Waals surface area (Å²) in [5, 5.41) is 0.671. The lowest BCUT2D eigenvalue weighted by Gasteiger charge is -2.11. The van der Waals surface area contributed by atoms with Gasteiger partial charge in [0.25, 0.3) is 0 Å². The molecule has 2 aliphatic rings. The fourth-order valence-corrected chi connectivity index (χ4v) is 2.53. The lowest BCUT2D eigenvalue weighted by Crippen LogP contribution is -2.08. The van der Waals surface area contributed by atoms with E-state index in [0.717, 1.165) is 16.7 Å². The van der Waals surface area contributed by atoms with Crippen LogP contribution < -0.4 is 0 Å². The Labute approximate surface area is 133 Å². The molecular weight excluding hydrogens is 300 g/mol. The maximum Gasteiger partial charge on any atom is 0.313 e. The van der Waals surface area contributed by atoms with E-state index in [2.05, 4.69) is 0 Å². The maximum atomic E-state index is 11.8. The second-order valence-corrected chi connectivity index (χ2v) is 5.35. The van der Waals surface area contributed by atoms with Gasteiger partial charge in [-0.15, -0.1) is 0 Å². The number of carbonyl (C=O) groups excluding carboxylic acids is 1. The number of benzene rings is 1. The molecule has 112 valence electrons. The summed E-state index contributed by atoms with van der Waals surface area (Å²) in [5.41, 5.74) is 2.89. The minimum Gasteiger partial charge on any atom is -0.466 e. The first-order chi connectivity index (χ1) is 10.7. The number of ether oxygens (including phenoxy) is 1. The fraction of sp³-hybridized carbons (Fsp3) is 0.167. The molecule has 0 radical (unpaired) electrons. The summed E-state index contributed by atoms with van der Waals surface area (Å²) < 4.78 is 11.0. The van der Waals surface area contributed by atoms with E-state index in [1.54, 1.807) is 6.92 Å². The van der Waals surface area contributed by atoms with E-state index in [4.69, 9.17) is 20.8 Å². The van der Waals surface area contributed by atoms with Crippen molar-refractivity contribution in [2.45, 2.75) is 13.3 Å². The van der Waals surface area contributed by atoms with Crippen molar-refractivity contribution < 1.29 is 13.9 Å². The first-order valence-electron chi connectivity index (χ1n) is 7.10. The van der Waals surface area contributed by atoms with Gasteiger partial charge in [0, 0.05) is 16.1 Å². The van der Waals surface area contributed by atoms with E-state index in [1.165, 1.54) is 0 Å². The Hall–Kier alpha value is -2.26. The smallest absolute Gasteiger partial charge is 0.313 e. The molecular formula is C18H15ClO3. The molecule has 0 amide bonds. The lowest BCUT2D eigenvalue weighted by molar-refractivity contribution is -0.142. The van der Waals surface area contributed by atoms with E-state index in [1.807, 2.05) is 48.5 Å². The first-order valence-corrected chi connectivity index (χ1v) is 7.48. The molecule has 1 aromatic rings. The van der Waals surface area contributed by atoms with Crippen molar-refractivity contribution in [1.82, 2.24) is 0 Å². The number of hydrogen-bond donors (Lipinski definition) is 0. The van der Waals surface area contributed by atoms with Crippen LogP contribution in [-0.2, 0) is 16.0 Å². The standard InChI is InChI=1S/C18H15ClO3/c1-2-21-18(20)11-17-15-5-3-4-13(15)10-16(22-17)12-6-8-14(19)9-7-12/h3-10H,2,11H2,1H3. The van der Waals surface area contributed by atoms with E-state index in [-0.39, 0.29) is 12.4 Å². The van der Waals surface area contributed by atoms with E-state index in [9.17, 15) is 4.79 Å². The van der Waals surface area contributed by atoms with Crippen molar-refractivity contribution in [3.05, 3.63) is 59.3 Å². The topological polar surface area (TPSA) is 39.4 Å². The van der Waals surface area contributed by atoms with Crippen LogP contribution in [-0.4, -0.2) is 12.6 Å². The van der Waals surface area contributed by atoms with Crippen molar-refractivity contribution >= 4 is 17.6 Å². The fourth-order valence-electron chi connectivity index (χ4n) is 2.40. The highest BCUT2D eigenvalue weighted by molar-refractivity contribution is 6.30. The Morgan fingerprint density at radius 3 is 2.64 bits per heavy atom. The van der Waals surface area contributed by atoms with Gasteiger partial charge in [0.15, 0.2) is 0 Å². The summed E-state index contributed by atoms with van der Waals surface area (Å²) >= 11 is 5.92. The highest BCUT2D eigenvalue weighted by Gasteiger charge is 2.17. The summed E-state index contributed by atoms with van der Waals surface area (Å²) in [5.74, 6) is 1.03. The SMILES string of the molecule is CCOC(=O)Cc1oc(-c2ccc(Cl)cc2)cc2cccc1-2. The normalized spacial score (nSPS) is 10.8. The summed E-state index contributed by atoms with van der Waals surface area (Å²) in [6, 6.07) is 15.3. The third-order valence-corrected chi connectivity index (χ3v) is 3.66. The number of rotatable bonds is 4. The highest BCUT2D eigenvalue weighted by atomic mass is 35.5. The predicted octanol–water partition coefficient (Wildman–Crippen LogP) is 4.81.